The van der Waals surface area contributed by atoms with Gasteiger partial charge in [0.1, 0.15) is 5.82 Å². The number of halogens is 3. The molecule has 126 valence electrons. The van der Waals surface area contributed by atoms with Crippen LogP contribution >= 0.6 is 11.8 Å². The lowest BCUT2D eigenvalue weighted by Gasteiger charge is -2.14. The van der Waals surface area contributed by atoms with Crippen LogP contribution in [0.25, 0.3) is 0 Å². The van der Waals surface area contributed by atoms with Crippen LogP contribution in [-0.4, -0.2) is 43.8 Å². The van der Waals surface area contributed by atoms with Crippen molar-refractivity contribution in [1.82, 2.24) is 29.7 Å². The van der Waals surface area contributed by atoms with E-state index < -0.39 is 12.0 Å². The first-order chi connectivity index (χ1) is 10.6. The summed E-state index contributed by atoms with van der Waals surface area (Å²) in [5, 5.41) is 6.47. The summed E-state index contributed by atoms with van der Waals surface area (Å²) in [5.41, 5.74) is 5.64. The Bertz CT molecular complexity index is 699. The molecule has 0 spiro atoms. The minimum atomic E-state index is -4.56. The number of thioether (sulfide) groups is 1. The van der Waals surface area contributed by atoms with Crippen molar-refractivity contribution < 1.29 is 13.2 Å². The smallest absolute Gasteiger partial charge is 0.368 e. The van der Waals surface area contributed by atoms with Gasteiger partial charge in [-0.15, -0.1) is 10.2 Å². The van der Waals surface area contributed by atoms with E-state index in [1.54, 1.807) is 25.9 Å². The molecule has 2 N–H and O–H groups in total. The van der Waals surface area contributed by atoms with Gasteiger partial charge in [0.25, 0.3) is 0 Å². The second kappa shape index (κ2) is 6.18. The fourth-order valence-corrected chi connectivity index (χ4v) is 2.51. The third-order valence-electron chi connectivity index (χ3n) is 2.79. The van der Waals surface area contributed by atoms with Crippen molar-refractivity contribution in [1.29, 1.82) is 0 Å². The van der Waals surface area contributed by atoms with Gasteiger partial charge in [0.05, 0.1) is 5.25 Å². The van der Waals surface area contributed by atoms with Crippen molar-refractivity contribution in [3.05, 3.63) is 11.6 Å². The molecule has 0 bridgehead atoms. The average molecular weight is 348 g/mol. The van der Waals surface area contributed by atoms with Crippen molar-refractivity contribution in [2.75, 3.05) is 24.7 Å². The first-order valence-electron chi connectivity index (χ1n) is 6.41. The normalized spacial score (nSPS) is 13.2. The first kappa shape index (κ1) is 17.2. The molecule has 2 rings (SSSR count). The molecule has 0 aromatic carbocycles. The van der Waals surface area contributed by atoms with Crippen LogP contribution in [0.4, 0.5) is 25.1 Å². The third-order valence-corrected chi connectivity index (χ3v) is 3.92. The zero-order chi connectivity index (χ0) is 17.4. The Labute approximate surface area is 134 Å². The average Bonchev–Trinajstić information content (AvgIpc) is 2.79. The molecule has 2 aromatic heterocycles. The highest BCUT2D eigenvalue weighted by Crippen LogP contribution is 2.35. The molecule has 8 nitrogen and oxygen atoms in total. The highest BCUT2D eigenvalue weighted by atomic mass is 32.2. The van der Waals surface area contributed by atoms with Crippen LogP contribution in [0.2, 0.25) is 0 Å². The Morgan fingerprint density at radius 2 is 1.83 bits per heavy atom. The molecule has 12 heteroatoms. The summed E-state index contributed by atoms with van der Waals surface area (Å²) < 4.78 is 39.1. The molecule has 0 amide bonds. The minimum absolute atomic E-state index is 0.0418. The molecular formula is C11H15F3N8S. The summed E-state index contributed by atoms with van der Waals surface area (Å²) in [6, 6.07) is 0. The number of nitrogens with two attached hydrogens (primary N) is 1. The van der Waals surface area contributed by atoms with Gasteiger partial charge in [-0.1, -0.05) is 11.8 Å². The SMILES string of the molecule is C[C@@H](Sc1nnc(C(F)(F)F)n1C)c1nc(N)nc(N(C)C)n1. The van der Waals surface area contributed by atoms with Crippen molar-refractivity contribution in [2.24, 2.45) is 7.05 Å². The summed E-state index contributed by atoms with van der Waals surface area (Å²) in [6.45, 7) is 1.74. The third kappa shape index (κ3) is 3.81. The quantitative estimate of drug-likeness (QED) is 0.831. The number of alkyl halides is 3. The second-order valence-electron chi connectivity index (χ2n) is 4.87. The van der Waals surface area contributed by atoms with Gasteiger partial charge in [-0.3, -0.25) is 0 Å². The first-order valence-corrected chi connectivity index (χ1v) is 7.29. The highest BCUT2D eigenvalue weighted by molar-refractivity contribution is 7.99. The largest absolute Gasteiger partial charge is 0.451 e. The van der Waals surface area contributed by atoms with E-state index in [-0.39, 0.29) is 16.4 Å². The molecular weight excluding hydrogens is 333 g/mol. The van der Waals surface area contributed by atoms with Crippen LogP contribution in [0.3, 0.4) is 0 Å². The Hall–Kier alpha value is -2.11. The van der Waals surface area contributed by atoms with Crippen LogP contribution in [0, 0.1) is 0 Å². The summed E-state index contributed by atoms with van der Waals surface area (Å²) in [6.07, 6.45) is -4.56. The molecule has 2 heterocycles. The van der Waals surface area contributed by atoms with Crippen LogP contribution < -0.4 is 10.6 Å². The van der Waals surface area contributed by atoms with Crippen LogP contribution in [0.5, 0.6) is 0 Å². The minimum Gasteiger partial charge on any atom is -0.368 e. The van der Waals surface area contributed by atoms with Crippen LogP contribution in [0.1, 0.15) is 23.8 Å². The molecule has 0 unspecified atom stereocenters. The number of nitrogen functional groups attached to an aromatic ring is 1. The topological polar surface area (TPSA) is 98.6 Å². The number of rotatable bonds is 4. The summed E-state index contributed by atoms with van der Waals surface area (Å²) in [7, 11) is 4.74. The molecule has 2 aromatic rings. The number of aromatic nitrogens is 6. The highest BCUT2D eigenvalue weighted by Gasteiger charge is 2.37. The van der Waals surface area contributed by atoms with Crippen LogP contribution in [0.15, 0.2) is 5.16 Å². The fraction of sp³-hybridized carbons (Fsp3) is 0.545. The standard InChI is InChI=1S/C11H15F3N8S/c1-5(6-16-8(15)18-9(17-6)21(2)3)23-10-20-19-7(22(10)4)11(12,13)14/h5H,1-4H3,(H2,15,16,17,18)/t5-/m1/s1. The molecule has 0 radical (unpaired) electrons. The molecule has 0 aliphatic carbocycles. The van der Waals surface area contributed by atoms with E-state index in [0.717, 1.165) is 16.3 Å². The van der Waals surface area contributed by atoms with E-state index in [9.17, 15) is 13.2 Å². The van der Waals surface area contributed by atoms with Gasteiger partial charge < -0.3 is 15.2 Å². The van der Waals surface area contributed by atoms with Gasteiger partial charge in [0, 0.05) is 21.1 Å². The summed E-state index contributed by atoms with van der Waals surface area (Å²) in [5.74, 6) is -0.298. The number of hydrogen-bond donors (Lipinski definition) is 1. The number of nitrogens with zero attached hydrogens (tertiary/aromatic N) is 7. The molecule has 0 aliphatic heterocycles. The zero-order valence-corrected chi connectivity index (χ0v) is 13.6. The number of hydrogen-bond acceptors (Lipinski definition) is 8. The van der Waals surface area contributed by atoms with Gasteiger partial charge in [0.15, 0.2) is 5.16 Å². The molecule has 0 saturated heterocycles. The fourth-order valence-electron chi connectivity index (χ4n) is 1.65. The predicted octanol–water partition coefficient (Wildman–Crippen LogP) is 1.52. The maximum atomic E-state index is 12.7. The van der Waals surface area contributed by atoms with Crippen molar-refractivity contribution in [2.45, 2.75) is 23.5 Å². The van der Waals surface area contributed by atoms with E-state index >= 15 is 0 Å². The zero-order valence-electron chi connectivity index (χ0n) is 12.8. The molecule has 1 atom stereocenters. The monoisotopic (exact) mass is 348 g/mol. The summed E-state index contributed by atoms with van der Waals surface area (Å²) >= 11 is 1.05. The Morgan fingerprint density at radius 3 is 2.35 bits per heavy atom. The lowest BCUT2D eigenvalue weighted by molar-refractivity contribution is -0.147. The summed E-state index contributed by atoms with van der Waals surface area (Å²) in [4.78, 5) is 13.9. The van der Waals surface area contributed by atoms with E-state index in [1.165, 1.54) is 7.05 Å². The van der Waals surface area contributed by atoms with Gasteiger partial charge in [-0.05, 0) is 6.92 Å². The predicted molar refractivity (Wildman–Crippen MR) is 78.8 cm³/mol. The Kier molecular flexibility index (Phi) is 4.63. The van der Waals surface area contributed by atoms with Gasteiger partial charge >= 0.3 is 6.18 Å². The van der Waals surface area contributed by atoms with Gasteiger partial charge in [0.2, 0.25) is 17.7 Å². The maximum absolute atomic E-state index is 12.7. The lowest BCUT2D eigenvalue weighted by Crippen LogP contribution is -2.16. The molecule has 23 heavy (non-hydrogen) atoms. The van der Waals surface area contributed by atoms with E-state index in [0.29, 0.717) is 11.8 Å². The van der Waals surface area contributed by atoms with Crippen molar-refractivity contribution in [3.63, 3.8) is 0 Å². The lowest BCUT2D eigenvalue weighted by atomic mass is 10.4. The van der Waals surface area contributed by atoms with Crippen molar-refractivity contribution >= 4 is 23.7 Å². The van der Waals surface area contributed by atoms with E-state index in [1.807, 2.05) is 0 Å². The molecule has 0 aliphatic rings. The van der Waals surface area contributed by atoms with Gasteiger partial charge in [-0.25, -0.2) is 0 Å². The molecule has 0 saturated carbocycles. The Balaban J connectivity index is 2.26. The second-order valence-corrected chi connectivity index (χ2v) is 6.18. The van der Waals surface area contributed by atoms with E-state index in [4.69, 9.17) is 5.73 Å². The molecule has 0 fully saturated rings. The van der Waals surface area contributed by atoms with Crippen LogP contribution in [-0.2, 0) is 13.2 Å². The number of anilines is 2. The van der Waals surface area contributed by atoms with Crippen molar-refractivity contribution in [3.8, 4) is 0 Å². The Morgan fingerprint density at radius 1 is 1.17 bits per heavy atom. The maximum Gasteiger partial charge on any atom is 0.451 e. The van der Waals surface area contributed by atoms with E-state index in [2.05, 4.69) is 25.1 Å². The van der Waals surface area contributed by atoms with Gasteiger partial charge in [-0.2, -0.15) is 28.1 Å².